The number of nitrogens with one attached hydrogen (secondary N) is 1. The number of aromatic nitrogens is 2. The van der Waals surface area contributed by atoms with E-state index in [1.807, 2.05) is 0 Å². The topological polar surface area (TPSA) is 138 Å². The van der Waals surface area contributed by atoms with Crippen LogP contribution in [0.5, 0.6) is 0 Å². The molecule has 0 unspecified atom stereocenters. The van der Waals surface area contributed by atoms with E-state index in [0.29, 0.717) is 17.0 Å². The third-order valence-electron chi connectivity index (χ3n) is 3.79. The number of amides is 1. The van der Waals surface area contributed by atoms with Gasteiger partial charge in [0, 0.05) is 12.1 Å². The van der Waals surface area contributed by atoms with Gasteiger partial charge < -0.3 is 21.3 Å². The summed E-state index contributed by atoms with van der Waals surface area (Å²) in [6, 6.07) is 8.23. The highest BCUT2D eigenvalue weighted by Crippen LogP contribution is 2.22. The number of aliphatic hydroxyl groups is 1. The monoisotopic (exact) mass is 468 g/mol. The van der Waals surface area contributed by atoms with Crippen molar-refractivity contribution in [3.8, 4) is 11.3 Å². The second-order valence-corrected chi connectivity index (χ2v) is 6.05. The highest BCUT2D eigenvalue weighted by atomic mass is 19.4. The van der Waals surface area contributed by atoms with E-state index in [-0.39, 0.29) is 12.1 Å². The first kappa shape index (κ1) is 26.8. The van der Waals surface area contributed by atoms with E-state index < -0.39 is 43.3 Å². The van der Waals surface area contributed by atoms with Gasteiger partial charge in [-0.15, -0.1) is 0 Å². The number of hydrogen-bond donors (Lipinski definition) is 4. The second kappa shape index (κ2) is 12.0. The van der Waals surface area contributed by atoms with Gasteiger partial charge in [-0.05, 0) is 17.7 Å². The lowest BCUT2D eigenvalue weighted by Gasteiger charge is -2.21. The van der Waals surface area contributed by atoms with Gasteiger partial charge in [-0.2, -0.15) is 32.1 Å². The maximum Gasteiger partial charge on any atom is 0.490 e. The van der Waals surface area contributed by atoms with Gasteiger partial charge in [-0.1, -0.05) is 24.3 Å². The molecule has 0 bridgehead atoms. The van der Waals surface area contributed by atoms with Crippen LogP contribution < -0.4 is 11.1 Å². The molecule has 14 heteroatoms. The molecule has 176 valence electrons. The van der Waals surface area contributed by atoms with Gasteiger partial charge in [0.25, 0.3) is 5.91 Å². The van der Waals surface area contributed by atoms with E-state index in [1.165, 1.54) is 12.1 Å². The molecular weight excluding hydrogens is 450 g/mol. The minimum absolute atomic E-state index is 0.271. The number of carboxylic acid groups (broad SMARTS) is 1. The minimum atomic E-state index is -5.08. The van der Waals surface area contributed by atoms with Gasteiger partial charge in [0.05, 0.1) is 17.4 Å². The first-order valence-corrected chi connectivity index (χ1v) is 8.66. The molecule has 32 heavy (non-hydrogen) atoms. The third kappa shape index (κ3) is 8.11. The molecule has 0 radical (unpaired) electrons. The number of carbonyl (C=O) groups is 2. The number of carboxylic acids is 1. The molecular formula is C18H18F6N4O4. The van der Waals surface area contributed by atoms with Crippen molar-refractivity contribution in [2.75, 3.05) is 6.67 Å². The maximum absolute atomic E-state index is 13.0. The van der Waals surface area contributed by atoms with E-state index in [2.05, 4.69) is 10.2 Å². The Kier molecular flexibility index (Phi) is 10.00. The highest BCUT2D eigenvalue weighted by molar-refractivity contribution is 5.79. The Labute approximate surface area is 177 Å². The molecule has 1 aromatic carbocycles. The number of nitrogens with two attached hydrogens (primary N) is 1. The van der Waals surface area contributed by atoms with Crippen LogP contribution in [-0.4, -0.2) is 57.6 Å². The number of aliphatic hydroxyl groups excluding tert-OH is 1. The largest absolute Gasteiger partial charge is 0.490 e. The Morgan fingerprint density at radius 2 is 1.62 bits per heavy atom. The van der Waals surface area contributed by atoms with Crippen LogP contribution in [0.15, 0.2) is 36.4 Å². The summed E-state index contributed by atoms with van der Waals surface area (Å²) < 4.78 is 69.2. The van der Waals surface area contributed by atoms with Gasteiger partial charge >= 0.3 is 18.6 Å². The SMILES string of the molecule is NCc1ccc(-c2ccc([C@@H](O)[C@@H](CF)NC(=O)C(F)F)cc2)nn1.O=C(O)C(F)(F)F. The second-order valence-electron chi connectivity index (χ2n) is 6.05. The Hall–Kier alpha value is -3.26. The van der Waals surface area contributed by atoms with E-state index >= 15 is 0 Å². The Balaban J connectivity index is 0.000000633. The maximum atomic E-state index is 13.0. The molecule has 0 aliphatic rings. The van der Waals surface area contributed by atoms with E-state index in [4.69, 9.17) is 15.6 Å². The van der Waals surface area contributed by atoms with Crippen LogP contribution in [0, 0.1) is 0 Å². The average Bonchev–Trinajstić information content (AvgIpc) is 2.76. The summed E-state index contributed by atoms with van der Waals surface area (Å²) in [6.07, 6.45) is -9.83. The lowest BCUT2D eigenvalue weighted by molar-refractivity contribution is -0.192. The number of rotatable bonds is 7. The van der Waals surface area contributed by atoms with Crippen LogP contribution in [0.3, 0.4) is 0 Å². The van der Waals surface area contributed by atoms with Gasteiger partial charge in [-0.25, -0.2) is 9.18 Å². The van der Waals surface area contributed by atoms with Gasteiger partial charge in [0.1, 0.15) is 12.8 Å². The zero-order chi connectivity index (χ0) is 24.5. The van der Waals surface area contributed by atoms with Crippen LogP contribution in [0.4, 0.5) is 26.3 Å². The minimum Gasteiger partial charge on any atom is -0.475 e. The molecule has 0 aliphatic carbocycles. The molecule has 1 aromatic heterocycles. The first-order valence-electron chi connectivity index (χ1n) is 8.66. The Morgan fingerprint density at radius 3 is 2.00 bits per heavy atom. The molecule has 0 saturated carbocycles. The zero-order valence-electron chi connectivity index (χ0n) is 16.1. The van der Waals surface area contributed by atoms with Crippen molar-refractivity contribution in [2.45, 2.75) is 31.3 Å². The fourth-order valence-electron chi connectivity index (χ4n) is 2.15. The van der Waals surface area contributed by atoms with Crippen LogP contribution in [0.25, 0.3) is 11.3 Å². The molecule has 5 N–H and O–H groups in total. The number of halogens is 6. The van der Waals surface area contributed by atoms with Crippen molar-refractivity contribution in [1.29, 1.82) is 0 Å². The summed E-state index contributed by atoms with van der Waals surface area (Å²) in [4.78, 5) is 19.9. The molecule has 1 heterocycles. The van der Waals surface area contributed by atoms with Crippen LogP contribution in [0.1, 0.15) is 17.4 Å². The van der Waals surface area contributed by atoms with Crippen LogP contribution >= 0.6 is 0 Å². The van der Waals surface area contributed by atoms with Crippen molar-refractivity contribution in [3.05, 3.63) is 47.7 Å². The van der Waals surface area contributed by atoms with E-state index in [1.54, 1.807) is 29.6 Å². The zero-order valence-corrected chi connectivity index (χ0v) is 16.1. The average molecular weight is 468 g/mol. The van der Waals surface area contributed by atoms with Gasteiger partial charge in [0.2, 0.25) is 0 Å². The number of benzene rings is 1. The predicted molar refractivity (Wildman–Crippen MR) is 97.9 cm³/mol. The van der Waals surface area contributed by atoms with Crippen molar-refractivity contribution in [1.82, 2.24) is 15.5 Å². The summed E-state index contributed by atoms with van der Waals surface area (Å²) in [7, 11) is 0. The van der Waals surface area contributed by atoms with E-state index in [9.17, 15) is 36.2 Å². The lowest BCUT2D eigenvalue weighted by Crippen LogP contribution is -2.43. The fourth-order valence-corrected chi connectivity index (χ4v) is 2.15. The molecule has 2 aromatic rings. The van der Waals surface area contributed by atoms with E-state index in [0.717, 1.165) is 0 Å². The van der Waals surface area contributed by atoms with Gasteiger partial charge in [-0.3, -0.25) is 4.79 Å². The van der Waals surface area contributed by atoms with Crippen molar-refractivity contribution in [2.24, 2.45) is 5.73 Å². The Bertz CT molecular complexity index is 879. The molecule has 0 saturated heterocycles. The molecule has 8 nitrogen and oxygen atoms in total. The Morgan fingerprint density at radius 1 is 1.06 bits per heavy atom. The molecule has 0 aliphatic heterocycles. The van der Waals surface area contributed by atoms with Gasteiger partial charge in [0.15, 0.2) is 0 Å². The van der Waals surface area contributed by atoms with Crippen LogP contribution in [0.2, 0.25) is 0 Å². The summed E-state index contributed by atoms with van der Waals surface area (Å²) >= 11 is 0. The standard InChI is InChI=1S/C16H17F3N4O2.C2HF3O2/c17-7-13(21-16(25)15(18)19)14(24)10-3-1-9(2-4-10)12-6-5-11(8-20)22-23-12;3-2(4,5)1(6)7/h1-6,13-15,24H,7-8,20H2,(H,21,25);(H,6,7)/t13-,14-;/m1./s1. The first-order chi connectivity index (χ1) is 14.9. The molecule has 2 rings (SSSR count). The number of carbonyl (C=O) groups excluding carboxylic acids is 1. The summed E-state index contributed by atoms with van der Waals surface area (Å²) in [5, 5.41) is 26.9. The van der Waals surface area contributed by atoms with Crippen molar-refractivity contribution >= 4 is 11.9 Å². The number of hydrogen-bond acceptors (Lipinski definition) is 6. The normalized spacial score (nSPS) is 13.0. The summed E-state index contributed by atoms with van der Waals surface area (Å²) in [5.41, 5.74) is 7.62. The number of nitrogens with zero attached hydrogens (tertiary/aromatic N) is 2. The van der Waals surface area contributed by atoms with Crippen LogP contribution in [-0.2, 0) is 16.1 Å². The molecule has 2 atom stereocenters. The smallest absolute Gasteiger partial charge is 0.475 e. The summed E-state index contributed by atoms with van der Waals surface area (Å²) in [6.45, 7) is -0.916. The molecule has 0 spiro atoms. The van der Waals surface area contributed by atoms with Crippen molar-refractivity contribution in [3.63, 3.8) is 0 Å². The quantitative estimate of drug-likeness (QED) is 0.456. The predicted octanol–water partition coefficient (Wildman–Crippen LogP) is 1.99. The number of aliphatic carboxylic acids is 1. The van der Waals surface area contributed by atoms with Crippen molar-refractivity contribution < 1.29 is 46.1 Å². The molecule has 1 amide bonds. The molecule has 0 fully saturated rings. The fraction of sp³-hybridized carbons (Fsp3) is 0.333. The highest BCUT2D eigenvalue weighted by Gasteiger charge is 2.38. The summed E-state index contributed by atoms with van der Waals surface area (Å²) in [5.74, 6) is -4.39. The lowest BCUT2D eigenvalue weighted by atomic mass is 10.0. The third-order valence-corrected chi connectivity index (χ3v) is 3.79. The number of alkyl halides is 6.